The number of anilines is 1. The minimum Gasteiger partial charge on any atom is -0.336 e. The Morgan fingerprint density at radius 3 is 2.52 bits per heavy atom. The van der Waals surface area contributed by atoms with Crippen LogP contribution in [0.4, 0.5) is 5.88 Å². The molecular weight excluding hydrogens is 376 g/mol. The normalized spacial score (nSPS) is 11.8. The highest BCUT2D eigenvalue weighted by Crippen LogP contribution is 2.36. The van der Waals surface area contributed by atoms with Crippen LogP contribution in [0.1, 0.15) is 17.5 Å². The first-order valence-corrected chi connectivity index (χ1v) is 10.2. The second-order valence-corrected chi connectivity index (χ2v) is 9.29. The van der Waals surface area contributed by atoms with E-state index in [0.29, 0.717) is 5.69 Å². The number of aromatic nitrogens is 1. The summed E-state index contributed by atoms with van der Waals surface area (Å²) in [5.41, 5.74) is 0.432. The second-order valence-electron chi connectivity index (χ2n) is 4.75. The van der Waals surface area contributed by atoms with Gasteiger partial charge in [0, 0.05) is 14.6 Å². The van der Waals surface area contributed by atoms with Crippen LogP contribution in [0.3, 0.4) is 0 Å². The zero-order valence-corrected chi connectivity index (χ0v) is 15.5. The van der Waals surface area contributed by atoms with Crippen LogP contribution >= 0.6 is 34.3 Å². The Kier molecular flexibility index (Phi) is 4.50. The molecule has 3 aromatic heterocycles. The zero-order valence-electron chi connectivity index (χ0n) is 12.3. The van der Waals surface area contributed by atoms with Gasteiger partial charge in [-0.1, -0.05) is 23.7 Å². The van der Waals surface area contributed by atoms with Crippen molar-refractivity contribution in [2.75, 3.05) is 4.72 Å². The first-order valence-electron chi connectivity index (χ1n) is 6.74. The number of rotatable bonds is 5. The second kappa shape index (κ2) is 6.27. The van der Waals surface area contributed by atoms with Gasteiger partial charge in [0.05, 0.1) is 0 Å². The molecule has 0 aliphatic rings. The fraction of sp³-hybridized carbons (Fsp3) is 0.214. The van der Waals surface area contributed by atoms with E-state index in [0.717, 1.165) is 16.2 Å². The van der Waals surface area contributed by atoms with Gasteiger partial charge in [-0.25, -0.2) is 13.1 Å². The fourth-order valence-corrected chi connectivity index (χ4v) is 5.40. The number of halogens is 1. The number of nitrogens with zero attached hydrogens (tertiary/aromatic N) is 1. The Hall–Kier alpha value is -1.35. The molecule has 0 unspecified atom stereocenters. The van der Waals surface area contributed by atoms with Crippen LogP contribution in [0.15, 0.2) is 33.0 Å². The van der Waals surface area contributed by atoms with Gasteiger partial charge in [0.2, 0.25) is 0 Å². The molecule has 0 amide bonds. The molecule has 0 spiro atoms. The third-order valence-corrected chi connectivity index (χ3v) is 7.90. The van der Waals surface area contributed by atoms with Crippen molar-refractivity contribution in [1.82, 2.24) is 5.16 Å². The maximum absolute atomic E-state index is 12.4. The summed E-state index contributed by atoms with van der Waals surface area (Å²) >= 11 is 8.81. The maximum Gasteiger partial charge on any atom is 0.273 e. The average molecular weight is 389 g/mol. The SMILES string of the molecule is CCc1ccc(-c2ccc(S(=O)(=O)Nc3onc(C)c3Cl)s2)s1. The molecule has 0 aliphatic carbocycles. The maximum atomic E-state index is 12.4. The first kappa shape index (κ1) is 16.5. The van der Waals surface area contributed by atoms with Crippen molar-refractivity contribution >= 4 is 50.2 Å². The third-order valence-electron chi connectivity index (χ3n) is 3.12. The summed E-state index contributed by atoms with van der Waals surface area (Å²) in [5, 5.41) is 3.79. The highest BCUT2D eigenvalue weighted by molar-refractivity contribution is 7.94. The predicted octanol–water partition coefficient (Wildman–Crippen LogP) is 4.79. The smallest absolute Gasteiger partial charge is 0.273 e. The number of nitrogens with one attached hydrogen (secondary N) is 1. The molecule has 0 aromatic carbocycles. The standard InChI is InChI=1S/C14H13ClN2O3S3/c1-3-9-4-5-10(21-9)11-6-7-12(22-11)23(18,19)17-14-13(15)8(2)16-20-14/h4-7,17H,3H2,1-2H3. The minimum atomic E-state index is -3.75. The van der Waals surface area contributed by atoms with Gasteiger partial charge in [0.1, 0.15) is 14.9 Å². The molecule has 122 valence electrons. The number of sulfonamides is 1. The molecule has 0 saturated heterocycles. The van der Waals surface area contributed by atoms with Crippen molar-refractivity contribution in [2.45, 2.75) is 24.5 Å². The van der Waals surface area contributed by atoms with Crippen LogP contribution in [-0.4, -0.2) is 13.6 Å². The highest BCUT2D eigenvalue weighted by Gasteiger charge is 2.22. The minimum absolute atomic E-state index is 0.0662. The van der Waals surface area contributed by atoms with Crippen LogP contribution in [0.2, 0.25) is 5.02 Å². The molecule has 1 N–H and O–H groups in total. The molecular formula is C14H13ClN2O3S3. The fourth-order valence-electron chi connectivity index (χ4n) is 1.89. The van der Waals surface area contributed by atoms with Gasteiger partial charge in [-0.3, -0.25) is 0 Å². The predicted molar refractivity (Wildman–Crippen MR) is 94.1 cm³/mol. The van der Waals surface area contributed by atoms with Gasteiger partial charge < -0.3 is 4.52 Å². The van der Waals surface area contributed by atoms with Crippen molar-refractivity contribution in [1.29, 1.82) is 0 Å². The average Bonchev–Trinajstić information content (AvgIpc) is 3.22. The third kappa shape index (κ3) is 3.30. The first-order chi connectivity index (χ1) is 10.9. The van der Waals surface area contributed by atoms with Gasteiger partial charge in [-0.2, -0.15) is 0 Å². The Morgan fingerprint density at radius 2 is 1.91 bits per heavy atom. The number of thiophene rings is 2. The lowest BCUT2D eigenvalue weighted by atomic mass is 10.3. The molecule has 0 aliphatic heterocycles. The zero-order chi connectivity index (χ0) is 16.6. The Morgan fingerprint density at radius 1 is 1.22 bits per heavy atom. The van der Waals surface area contributed by atoms with Crippen molar-refractivity contribution in [2.24, 2.45) is 0 Å². The Bertz CT molecular complexity index is 940. The lowest BCUT2D eigenvalue weighted by molar-refractivity contribution is 0.430. The number of aryl methyl sites for hydroxylation is 2. The lowest BCUT2D eigenvalue weighted by Crippen LogP contribution is -2.11. The van der Waals surface area contributed by atoms with E-state index < -0.39 is 10.0 Å². The van der Waals surface area contributed by atoms with Gasteiger partial charge in [0.15, 0.2) is 0 Å². The van der Waals surface area contributed by atoms with Crippen LogP contribution in [0, 0.1) is 6.92 Å². The summed E-state index contributed by atoms with van der Waals surface area (Å²) in [6, 6.07) is 7.45. The molecule has 3 heterocycles. The van der Waals surface area contributed by atoms with Crippen LogP contribution in [0.5, 0.6) is 0 Å². The molecule has 0 fully saturated rings. The molecule has 3 rings (SSSR count). The molecule has 23 heavy (non-hydrogen) atoms. The largest absolute Gasteiger partial charge is 0.336 e. The van der Waals surface area contributed by atoms with E-state index in [1.807, 2.05) is 6.07 Å². The summed E-state index contributed by atoms with van der Waals surface area (Å²) in [6.07, 6.45) is 0.964. The van der Waals surface area contributed by atoms with Crippen molar-refractivity contribution in [3.05, 3.63) is 39.9 Å². The summed E-state index contributed by atoms with van der Waals surface area (Å²) in [7, 11) is -3.75. The number of hydrogen-bond donors (Lipinski definition) is 1. The van der Waals surface area contributed by atoms with Gasteiger partial charge in [-0.05, 0) is 37.6 Å². The van der Waals surface area contributed by atoms with Crippen LogP contribution in [0.25, 0.3) is 9.75 Å². The molecule has 0 radical (unpaired) electrons. The molecule has 0 bridgehead atoms. The van der Waals surface area contributed by atoms with Crippen LogP contribution in [-0.2, 0) is 16.4 Å². The Labute approximate surface area is 147 Å². The Balaban J connectivity index is 1.88. The van der Waals surface area contributed by atoms with Crippen molar-refractivity contribution in [3.8, 4) is 9.75 Å². The molecule has 0 saturated carbocycles. The van der Waals surface area contributed by atoms with E-state index in [2.05, 4.69) is 22.9 Å². The summed E-state index contributed by atoms with van der Waals surface area (Å²) in [4.78, 5) is 3.23. The monoisotopic (exact) mass is 388 g/mol. The van der Waals surface area contributed by atoms with E-state index in [4.69, 9.17) is 16.1 Å². The van der Waals surface area contributed by atoms with Gasteiger partial charge in [-0.15, -0.1) is 22.7 Å². The van der Waals surface area contributed by atoms with Gasteiger partial charge >= 0.3 is 0 Å². The van der Waals surface area contributed by atoms with Crippen molar-refractivity contribution < 1.29 is 12.9 Å². The summed E-state index contributed by atoms with van der Waals surface area (Å²) in [5.74, 6) is -0.0662. The van der Waals surface area contributed by atoms with E-state index in [1.165, 1.54) is 16.2 Å². The molecule has 9 heteroatoms. The lowest BCUT2D eigenvalue weighted by Gasteiger charge is -2.02. The van der Waals surface area contributed by atoms with E-state index >= 15 is 0 Å². The number of hydrogen-bond acceptors (Lipinski definition) is 6. The molecule has 3 aromatic rings. The topological polar surface area (TPSA) is 72.2 Å². The van der Waals surface area contributed by atoms with E-state index in [-0.39, 0.29) is 15.1 Å². The highest BCUT2D eigenvalue weighted by atomic mass is 35.5. The summed E-state index contributed by atoms with van der Waals surface area (Å²) in [6.45, 7) is 3.72. The summed E-state index contributed by atoms with van der Waals surface area (Å²) < 4.78 is 32.3. The van der Waals surface area contributed by atoms with E-state index in [1.54, 1.807) is 30.4 Å². The molecule has 5 nitrogen and oxygen atoms in total. The molecule has 0 atom stereocenters. The van der Waals surface area contributed by atoms with Crippen LogP contribution < -0.4 is 4.72 Å². The van der Waals surface area contributed by atoms with E-state index in [9.17, 15) is 8.42 Å². The van der Waals surface area contributed by atoms with Crippen molar-refractivity contribution in [3.63, 3.8) is 0 Å². The van der Waals surface area contributed by atoms with Gasteiger partial charge in [0.25, 0.3) is 15.9 Å². The quantitative estimate of drug-likeness (QED) is 0.682.